The SMILES string of the molecule is CN[C@@H](C)C(=O)N[C@H]1CCS[C@H]2CC(C)(C)[C@@H](C(=O)N[C@H]3c4ccccc4C[C@H]3OCCCCCCOC3Cc4ccccc4C3)N2C1=O. The molecule has 6 rings (SSSR count). The Morgan fingerprint density at radius 1 is 0.918 bits per heavy atom. The van der Waals surface area contributed by atoms with Crippen molar-refractivity contribution in [2.75, 3.05) is 26.0 Å². The van der Waals surface area contributed by atoms with Gasteiger partial charge >= 0.3 is 0 Å². The summed E-state index contributed by atoms with van der Waals surface area (Å²) in [6.45, 7) is 7.35. The van der Waals surface area contributed by atoms with E-state index < -0.39 is 23.5 Å². The molecule has 3 amide bonds. The van der Waals surface area contributed by atoms with Crippen LogP contribution in [0.4, 0.5) is 0 Å². The van der Waals surface area contributed by atoms with E-state index in [0.29, 0.717) is 19.1 Å². The molecule has 2 aliphatic heterocycles. The van der Waals surface area contributed by atoms with E-state index in [9.17, 15) is 14.4 Å². The van der Waals surface area contributed by atoms with Gasteiger partial charge in [-0.25, -0.2) is 0 Å². The van der Waals surface area contributed by atoms with Crippen LogP contribution in [0.25, 0.3) is 0 Å². The van der Waals surface area contributed by atoms with Crippen LogP contribution in [0.1, 0.15) is 87.6 Å². The zero-order chi connectivity index (χ0) is 34.5. The summed E-state index contributed by atoms with van der Waals surface area (Å²) in [4.78, 5) is 42.8. The van der Waals surface area contributed by atoms with Gasteiger partial charge in [0.05, 0.1) is 29.7 Å². The third-order valence-electron chi connectivity index (χ3n) is 10.9. The van der Waals surface area contributed by atoms with Crippen LogP contribution in [-0.4, -0.2) is 84.3 Å². The number of benzene rings is 2. The second kappa shape index (κ2) is 16.0. The fourth-order valence-electron chi connectivity index (χ4n) is 8.07. The van der Waals surface area contributed by atoms with Crippen LogP contribution in [0.2, 0.25) is 0 Å². The lowest BCUT2D eigenvalue weighted by molar-refractivity contribution is -0.144. The maximum atomic E-state index is 14.3. The molecule has 0 spiro atoms. The Morgan fingerprint density at radius 2 is 1.57 bits per heavy atom. The molecule has 0 bridgehead atoms. The molecular weight excluding hydrogens is 637 g/mol. The van der Waals surface area contributed by atoms with Gasteiger partial charge in [0, 0.05) is 19.6 Å². The van der Waals surface area contributed by atoms with Crippen molar-refractivity contribution in [3.05, 3.63) is 70.8 Å². The summed E-state index contributed by atoms with van der Waals surface area (Å²) < 4.78 is 12.7. The van der Waals surface area contributed by atoms with E-state index in [-0.39, 0.29) is 35.2 Å². The summed E-state index contributed by atoms with van der Waals surface area (Å²) in [5, 5.41) is 9.14. The average Bonchev–Trinajstić information content (AvgIpc) is 3.71. The first-order valence-electron chi connectivity index (χ1n) is 18.3. The summed E-state index contributed by atoms with van der Waals surface area (Å²) in [6.07, 6.45) is 8.36. The molecule has 9 nitrogen and oxygen atoms in total. The van der Waals surface area contributed by atoms with Crippen molar-refractivity contribution in [1.29, 1.82) is 0 Å². The number of nitrogens with one attached hydrogen (secondary N) is 3. The predicted octanol–water partition coefficient (Wildman–Crippen LogP) is 4.71. The topological polar surface area (TPSA) is 109 Å². The highest BCUT2D eigenvalue weighted by atomic mass is 32.2. The summed E-state index contributed by atoms with van der Waals surface area (Å²) in [6, 6.07) is 14.9. The van der Waals surface area contributed by atoms with Gasteiger partial charge in [-0.15, -0.1) is 11.8 Å². The molecule has 266 valence electrons. The molecule has 0 unspecified atom stereocenters. The molecule has 2 fully saturated rings. The zero-order valence-electron chi connectivity index (χ0n) is 29.5. The molecule has 6 atom stereocenters. The van der Waals surface area contributed by atoms with Crippen LogP contribution in [0.3, 0.4) is 0 Å². The van der Waals surface area contributed by atoms with Crippen LogP contribution < -0.4 is 16.0 Å². The zero-order valence-corrected chi connectivity index (χ0v) is 30.4. The fraction of sp³-hybridized carbons (Fsp3) is 0.615. The van der Waals surface area contributed by atoms with E-state index in [0.717, 1.165) is 69.3 Å². The summed E-state index contributed by atoms with van der Waals surface area (Å²) in [5.74, 6) is 0.202. The molecular formula is C39H54N4O5S. The summed E-state index contributed by atoms with van der Waals surface area (Å²) >= 11 is 1.71. The second-order valence-corrected chi connectivity index (χ2v) is 16.2. The van der Waals surface area contributed by atoms with Crippen LogP contribution in [0, 0.1) is 5.41 Å². The van der Waals surface area contributed by atoms with Crippen molar-refractivity contribution in [3.63, 3.8) is 0 Å². The molecule has 0 aromatic heterocycles. The third-order valence-corrected chi connectivity index (χ3v) is 12.2. The van der Waals surface area contributed by atoms with E-state index in [1.807, 2.05) is 12.1 Å². The molecule has 0 radical (unpaired) electrons. The number of rotatable bonds is 14. The molecule has 49 heavy (non-hydrogen) atoms. The van der Waals surface area contributed by atoms with E-state index in [4.69, 9.17) is 9.47 Å². The van der Waals surface area contributed by atoms with Gasteiger partial charge in [-0.05, 0) is 85.9 Å². The molecule has 10 heteroatoms. The van der Waals surface area contributed by atoms with Crippen molar-refractivity contribution in [2.45, 2.75) is 120 Å². The van der Waals surface area contributed by atoms with Gasteiger partial charge in [0.1, 0.15) is 12.1 Å². The smallest absolute Gasteiger partial charge is 0.246 e. The molecule has 2 aromatic rings. The quantitative estimate of drug-likeness (QED) is 0.247. The monoisotopic (exact) mass is 690 g/mol. The number of carbonyl (C=O) groups is 3. The summed E-state index contributed by atoms with van der Waals surface area (Å²) in [5.41, 5.74) is 4.69. The Bertz CT molecular complexity index is 1460. The Kier molecular flexibility index (Phi) is 11.7. The number of ether oxygens (including phenoxy) is 2. The number of likely N-dealkylation sites (N-methyl/N-ethyl adjacent to an activating group) is 1. The molecule has 4 aliphatic rings. The third kappa shape index (κ3) is 8.19. The first-order chi connectivity index (χ1) is 23.7. The molecule has 0 saturated carbocycles. The fourth-order valence-corrected chi connectivity index (χ4v) is 9.65. The Hall–Kier alpha value is -2.92. The van der Waals surface area contributed by atoms with Gasteiger partial charge in [-0.1, -0.05) is 75.2 Å². The normalized spacial score (nSPS) is 26.5. The van der Waals surface area contributed by atoms with E-state index in [1.165, 1.54) is 16.7 Å². The highest BCUT2D eigenvalue weighted by molar-refractivity contribution is 7.99. The minimum absolute atomic E-state index is 0.107. The lowest BCUT2D eigenvalue weighted by Crippen LogP contribution is -2.58. The molecule has 2 saturated heterocycles. The molecule has 2 aromatic carbocycles. The van der Waals surface area contributed by atoms with E-state index in [1.54, 1.807) is 30.6 Å². The molecule has 2 aliphatic carbocycles. The van der Waals surface area contributed by atoms with Gasteiger partial charge in [0.25, 0.3) is 0 Å². The standard InChI is InChI=1S/C39H54N4O5S/c1-25(40-4)36(44)41-31-17-20-49-33-24-39(2,3)35(43(33)38(31)46)37(45)42-34-30-16-10-9-15-28(30)23-32(34)48-19-12-6-5-11-18-47-29-21-26-13-7-8-14-27(26)22-29/h7-10,13-16,25,29,31-35,40H,5-6,11-12,17-24H2,1-4H3,(H,41,44)(H,42,45)/t25-,31-,32+,33-,34-,35+/m0/s1. The van der Waals surface area contributed by atoms with Crippen molar-refractivity contribution >= 4 is 29.5 Å². The van der Waals surface area contributed by atoms with Crippen molar-refractivity contribution < 1.29 is 23.9 Å². The van der Waals surface area contributed by atoms with Crippen LogP contribution in [0.15, 0.2) is 48.5 Å². The number of amides is 3. The number of carbonyl (C=O) groups excluding carboxylic acids is 3. The average molecular weight is 691 g/mol. The minimum atomic E-state index is -0.653. The predicted molar refractivity (Wildman–Crippen MR) is 193 cm³/mol. The largest absolute Gasteiger partial charge is 0.378 e. The van der Waals surface area contributed by atoms with Crippen LogP contribution in [0.5, 0.6) is 0 Å². The van der Waals surface area contributed by atoms with Crippen LogP contribution >= 0.6 is 11.8 Å². The van der Waals surface area contributed by atoms with E-state index in [2.05, 4.69) is 66.2 Å². The van der Waals surface area contributed by atoms with Gasteiger partial charge in [-0.2, -0.15) is 0 Å². The van der Waals surface area contributed by atoms with Gasteiger partial charge in [0.15, 0.2) is 0 Å². The maximum Gasteiger partial charge on any atom is 0.246 e. The van der Waals surface area contributed by atoms with Crippen molar-refractivity contribution in [3.8, 4) is 0 Å². The number of nitrogens with zero attached hydrogens (tertiary/aromatic N) is 1. The van der Waals surface area contributed by atoms with Crippen molar-refractivity contribution in [1.82, 2.24) is 20.9 Å². The van der Waals surface area contributed by atoms with Gasteiger partial charge < -0.3 is 30.3 Å². The number of hydrogen-bond donors (Lipinski definition) is 3. The van der Waals surface area contributed by atoms with Crippen LogP contribution in [-0.2, 0) is 43.1 Å². The lowest BCUT2D eigenvalue weighted by Gasteiger charge is -2.35. The molecule has 3 N–H and O–H groups in total. The first kappa shape index (κ1) is 35.9. The Balaban J connectivity index is 1.02. The highest BCUT2D eigenvalue weighted by Crippen LogP contribution is 2.47. The van der Waals surface area contributed by atoms with Gasteiger partial charge in [-0.3, -0.25) is 14.4 Å². The minimum Gasteiger partial charge on any atom is -0.378 e. The number of thioether (sulfide) groups is 1. The first-order valence-corrected chi connectivity index (χ1v) is 19.3. The lowest BCUT2D eigenvalue weighted by atomic mass is 9.83. The number of fused-ring (bicyclic) bond motifs is 3. The maximum absolute atomic E-state index is 14.3. The number of hydrogen-bond acceptors (Lipinski definition) is 7. The highest BCUT2D eigenvalue weighted by Gasteiger charge is 2.55. The number of unbranched alkanes of at least 4 members (excludes halogenated alkanes) is 3. The van der Waals surface area contributed by atoms with Crippen molar-refractivity contribution in [2.24, 2.45) is 5.41 Å². The van der Waals surface area contributed by atoms with Gasteiger partial charge in [0.2, 0.25) is 17.7 Å². The Morgan fingerprint density at radius 3 is 2.27 bits per heavy atom. The van der Waals surface area contributed by atoms with E-state index >= 15 is 0 Å². The molecule has 2 heterocycles. The second-order valence-electron chi connectivity index (χ2n) is 14.9. The Labute approximate surface area is 296 Å². The summed E-state index contributed by atoms with van der Waals surface area (Å²) in [7, 11) is 1.72.